The maximum Gasteiger partial charge on any atom is 0.254 e. The zero-order chi connectivity index (χ0) is 13.0. The number of amides is 1. The molecule has 0 unspecified atom stereocenters. The van der Waals surface area contributed by atoms with E-state index in [1.807, 2.05) is 0 Å². The molecule has 1 rings (SSSR count). The summed E-state index contributed by atoms with van der Waals surface area (Å²) in [5, 5.41) is 11.2. The predicted molar refractivity (Wildman–Crippen MR) is 62.1 cm³/mol. The van der Waals surface area contributed by atoms with Crippen molar-refractivity contribution in [3.05, 3.63) is 34.2 Å². The van der Waals surface area contributed by atoms with E-state index in [9.17, 15) is 9.59 Å². The molecule has 0 aromatic carbocycles. The van der Waals surface area contributed by atoms with Crippen LogP contribution in [0.5, 0.6) is 0 Å². The molecule has 7 nitrogen and oxygen atoms in total. The van der Waals surface area contributed by atoms with Crippen LogP contribution in [0.4, 0.5) is 0 Å². The second-order valence-corrected chi connectivity index (χ2v) is 3.62. The highest BCUT2D eigenvalue weighted by Crippen LogP contribution is 1.99. The average molecular weight is 238 g/mol. The van der Waals surface area contributed by atoms with E-state index in [2.05, 4.69) is 5.16 Å². The fourth-order valence-corrected chi connectivity index (χ4v) is 1.25. The van der Waals surface area contributed by atoms with E-state index in [0.29, 0.717) is 0 Å². The Morgan fingerprint density at radius 3 is 2.82 bits per heavy atom. The molecule has 0 saturated carbocycles. The van der Waals surface area contributed by atoms with Gasteiger partial charge in [0.15, 0.2) is 5.84 Å². The van der Waals surface area contributed by atoms with Crippen LogP contribution in [0.3, 0.4) is 0 Å². The Labute approximate surface area is 97.8 Å². The summed E-state index contributed by atoms with van der Waals surface area (Å²) in [6.45, 7) is -0.00938. The third-order valence-electron chi connectivity index (χ3n) is 2.23. The minimum atomic E-state index is -0.366. The van der Waals surface area contributed by atoms with Crippen molar-refractivity contribution in [1.82, 2.24) is 9.47 Å². The van der Waals surface area contributed by atoms with Crippen molar-refractivity contribution in [2.24, 2.45) is 17.9 Å². The summed E-state index contributed by atoms with van der Waals surface area (Å²) in [6.07, 6.45) is 1.51. The first-order valence-electron chi connectivity index (χ1n) is 4.84. The Morgan fingerprint density at radius 1 is 1.65 bits per heavy atom. The predicted octanol–water partition coefficient (Wildman–Crippen LogP) is -0.796. The van der Waals surface area contributed by atoms with Gasteiger partial charge in [0, 0.05) is 31.9 Å². The van der Waals surface area contributed by atoms with E-state index >= 15 is 0 Å². The first-order chi connectivity index (χ1) is 7.95. The van der Waals surface area contributed by atoms with E-state index in [4.69, 9.17) is 10.9 Å². The normalized spacial score (nSPS) is 11.3. The van der Waals surface area contributed by atoms with Crippen LogP contribution in [-0.4, -0.2) is 40.0 Å². The monoisotopic (exact) mass is 238 g/mol. The van der Waals surface area contributed by atoms with E-state index in [1.165, 1.54) is 34.8 Å². The maximum atomic E-state index is 11.8. The lowest BCUT2D eigenvalue weighted by Gasteiger charge is -2.16. The van der Waals surface area contributed by atoms with Crippen LogP contribution in [-0.2, 0) is 7.05 Å². The molecular weight excluding hydrogens is 224 g/mol. The van der Waals surface area contributed by atoms with Gasteiger partial charge in [-0.15, -0.1) is 0 Å². The van der Waals surface area contributed by atoms with Gasteiger partial charge in [0.2, 0.25) is 0 Å². The lowest BCUT2D eigenvalue weighted by Crippen LogP contribution is -2.36. The molecule has 1 aromatic heterocycles. The second-order valence-electron chi connectivity index (χ2n) is 3.62. The zero-order valence-corrected chi connectivity index (χ0v) is 9.62. The standard InChI is InChI=1S/C10H14N4O3/c1-13-4-3-7(5-9(13)15)10(16)14(2)6-8(11)12-17/h3-5,17H,6H2,1-2H3,(H2,11,12). The van der Waals surface area contributed by atoms with E-state index in [-0.39, 0.29) is 29.4 Å². The average Bonchev–Trinajstić information content (AvgIpc) is 2.31. The topological polar surface area (TPSA) is 101 Å². The number of aryl methyl sites for hydroxylation is 1. The van der Waals surface area contributed by atoms with Gasteiger partial charge < -0.3 is 20.4 Å². The number of carbonyl (C=O) groups is 1. The van der Waals surface area contributed by atoms with Gasteiger partial charge in [-0.25, -0.2) is 0 Å². The molecule has 3 N–H and O–H groups in total. The number of amidine groups is 1. The number of hydrogen-bond acceptors (Lipinski definition) is 4. The maximum absolute atomic E-state index is 11.8. The van der Waals surface area contributed by atoms with Gasteiger partial charge >= 0.3 is 0 Å². The van der Waals surface area contributed by atoms with Crippen molar-refractivity contribution in [2.45, 2.75) is 0 Å². The van der Waals surface area contributed by atoms with Gasteiger partial charge in [0.05, 0.1) is 6.54 Å². The highest BCUT2D eigenvalue weighted by Gasteiger charge is 2.13. The molecule has 0 bridgehead atoms. The number of pyridine rings is 1. The highest BCUT2D eigenvalue weighted by atomic mass is 16.4. The van der Waals surface area contributed by atoms with Crippen molar-refractivity contribution < 1.29 is 10.0 Å². The molecule has 0 atom stereocenters. The molecule has 0 aliphatic rings. The molecule has 1 amide bonds. The Bertz CT molecular complexity index is 507. The van der Waals surface area contributed by atoms with Crippen molar-refractivity contribution >= 4 is 11.7 Å². The summed E-state index contributed by atoms with van der Waals surface area (Å²) in [5.74, 6) is -0.445. The fourth-order valence-electron chi connectivity index (χ4n) is 1.25. The molecule has 92 valence electrons. The molecule has 0 aliphatic heterocycles. The minimum absolute atomic E-state index is 0.00938. The summed E-state index contributed by atoms with van der Waals surface area (Å²) in [4.78, 5) is 24.4. The minimum Gasteiger partial charge on any atom is -0.409 e. The molecule has 0 aliphatic carbocycles. The van der Waals surface area contributed by atoms with Crippen molar-refractivity contribution in [1.29, 1.82) is 0 Å². The smallest absolute Gasteiger partial charge is 0.254 e. The number of oxime groups is 1. The quantitative estimate of drug-likeness (QED) is 0.311. The van der Waals surface area contributed by atoms with E-state index in [0.717, 1.165) is 0 Å². The number of rotatable bonds is 3. The van der Waals surface area contributed by atoms with Gasteiger partial charge in [-0.3, -0.25) is 9.59 Å². The van der Waals surface area contributed by atoms with Crippen LogP contribution in [0, 0.1) is 0 Å². The van der Waals surface area contributed by atoms with Crippen LogP contribution >= 0.6 is 0 Å². The number of hydrogen-bond donors (Lipinski definition) is 2. The van der Waals surface area contributed by atoms with Crippen LogP contribution in [0.25, 0.3) is 0 Å². The number of carbonyl (C=O) groups excluding carboxylic acids is 1. The molecule has 0 fully saturated rings. The Kier molecular flexibility index (Phi) is 3.86. The summed E-state index contributed by atoms with van der Waals surface area (Å²) in [7, 11) is 3.09. The summed E-state index contributed by atoms with van der Waals surface area (Å²) >= 11 is 0. The van der Waals surface area contributed by atoms with Gasteiger partial charge in [0.25, 0.3) is 11.5 Å². The molecule has 0 spiro atoms. The first kappa shape index (κ1) is 12.8. The van der Waals surface area contributed by atoms with Crippen molar-refractivity contribution in [2.75, 3.05) is 13.6 Å². The second kappa shape index (κ2) is 5.15. The molecule has 1 heterocycles. The van der Waals surface area contributed by atoms with Crippen molar-refractivity contribution in [3.8, 4) is 0 Å². The number of nitrogens with zero attached hydrogens (tertiary/aromatic N) is 3. The molecular formula is C10H14N4O3. The molecule has 7 heteroatoms. The number of likely N-dealkylation sites (N-methyl/N-ethyl adjacent to an activating group) is 1. The lowest BCUT2D eigenvalue weighted by atomic mass is 10.2. The van der Waals surface area contributed by atoms with Gasteiger partial charge in [-0.2, -0.15) is 0 Å². The largest absolute Gasteiger partial charge is 0.409 e. The summed E-state index contributed by atoms with van der Waals surface area (Å²) < 4.78 is 1.36. The molecule has 0 saturated heterocycles. The van der Waals surface area contributed by atoms with E-state index in [1.54, 1.807) is 7.05 Å². The lowest BCUT2D eigenvalue weighted by molar-refractivity contribution is 0.0813. The third-order valence-corrected chi connectivity index (χ3v) is 2.23. The van der Waals surface area contributed by atoms with Gasteiger partial charge in [-0.05, 0) is 6.07 Å². The Morgan fingerprint density at radius 2 is 2.29 bits per heavy atom. The molecule has 0 radical (unpaired) electrons. The summed E-state index contributed by atoms with van der Waals surface area (Å²) in [6, 6.07) is 2.78. The highest BCUT2D eigenvalue weighted by molar-refractivity contribution is 5.96. The van der Waals surface area contributed by atoms with E-state index < -0.39 is 0 Å². The molecule has 17 heavy (non-hydrogen) atoms. The van der Waals surface area contributed by atoms with Crippen LogP contribution in [0.2, 0.25) is 0 Å². The summed E-state index contributed by atoms with van der Waals surface area (Å²) in [5.41, 5.74) is 5.28. The zero-order valence-electron chi connectivity index (χ0n) is 9.62. The molecule has 1 aromatic rings. The van der Waals surface area contributed by atoms with Gasteiger partial charge in [-0.1, -0.05) is 5.16 Å². The van der Waals surface area contributed by atoms with Crippen LogP contribution < -0.4 is 11.3 Å². The Hall–Kier alpha value is -2.31. The number of aromatic nitrogens is 1. The van der Waals surface area contributed by atoms with Crippen LogP contribution in [0.15, 0.2) is 28.3 Å². The fraction of sp³-hybridized carbons (Fsp3) is 0.300. The Balaban J connectivity index is 2.89. The van der Waals surface area contributed by atoms with Crippen LogP contribution in [0.1, 0.15) is 10.4 Å². The van der Waals surface area contributed by atoms with Gasteiger partial charge in [0.1, 0.15) is 0 Å². The van der Waals surface area contributed by atoms with Crippen molar-refractivity contribution in [3.63, 3.8) is 0 Å². The number of nitrogens with two attached hydrogens (primary N) is 1. The third kappa shape index (κ3) is 3.07. The first-order valence-corrected chi connectivity index (χ1v) is 4.84. The SMILES string of the molecule is CN(C/C(N)=N/O)C(=O)c1ccn(C)c(=O)c1.